The van der Waals surface area contributed by atoms with Gasteiger partial charge in [-0.2, -0.15) is 0 Å². The molecule has 2 heterocycles. The Labute approximate surface area is 279 Å². The minimum Gasteiger partial charge on any atom is -0.346 e. The Bertz CT molecular complexity index is 1950. The van der Waals surface area contributed by atoms with E-state index >= 15 is 0 Å². The van der Waals surface area contributed by atoms with E-state index in [1.54, 1.807) is 0 Å². The van der Waals surface area contributed by atoms with Gasteiger partial charge in [-0.15, -0.1) is 53.1 Å². The van der Waals surface area contributed by atoms with Gasteiger partial charge in [0.05, 0.1) is 0 Å². The molecule has 3 nitrogen and oxygen atoms in total. The molecule has 1 aliphatic carbocycles. The first kappa shape index (κ1) is 30.2. The first-order chi connectivity index (χ1) is 21.7. The molecule has 45 heavy (non-hydrogen) atoms. The Hall–Kier alpha value is -4.85. The molecule has 4 heteroatoms. The monoisotopic (exact) mass is 760 g/mol. The fraction of sp³-hybridized carbons (Fsp3) is 0.0732. The number of nitrogens with zero attached hydrogens (tertiary/aromatic N) is 3. The summed E-state index contributed by atoms with van der Waals surface area (Å²) in [5.41, 5.74) is 12.4. The summed E-state index contributed by atoms with van der Waals surface area (Å²) < 4.78 is 0. The third kappa shape index (κ3) is 6.80. The predicted octanol–water partition coefficient (Wildman–Crippen LogP) is 10.6. The van der Waals surface area contributed by atoms with Crippen molar-refractivity contribution in [2.45, 2.75) is 19.8 Å². The molecule has 1 aliphatic rings. The summed E-state index contributed by atoms with van der Waals surface area (Å²) in [5, 5.41) is 0. The van der Waals surface area contributed by atoms with Crippen LogP contribution in [-0.4, -0.2) is 9.97 Å². The largest absolute Gasteiger partial charge is 2.00 e. The molecule has 0 bridgehead atoms. The third-order valence-electron chi connectivity index (χ3n) is 7.78. The molecule has 0 fully saturated rings. The Balaban J connectivity index is 0.00000357. The average molecular weight is 761 g/mol. The molecule has 0 atom stereocenters. The van der Waals surface area contributed by atoms with Crippen LogP contribution < -0.4 is 4.90 Å². The number of rotatable bonds is 7. The van der Waals surface area contributed by atoms with Gasteiger partial charge in [0.2, 0.25) is 0 Å². The van der Waals surface area contributed by atoms with Crippen LogP contribution in [0, 0.1) is 19.1 Å². The van der Waals surface area contributed by atoms with Gasteiger partial charge in [0, 0.05) is 18.1 Å². The van der Waals surface area contributed by atoms with Crippen LogP contribution in [0.4, 0.5) is 17.1 Å². The van der Waals surface area contributed by atoms with Crippen LogP contribution in [0.5, 0.6) is 0 Å². The van der Waals surface area contributed by atoms with Gasteiger partial charge in [-0.05, 0) is 76.6 Å². The zero-order chi connectivity index (χ0) is 29.7. The molecule has 0 saturated heterocycles. The van der Waals surface area contributed by atoms with Crippen LogP contribution in [0.25, 0.3) is 39.2 Å². The summed E-state index contributed by atoms with van der Waals surface area (Å²) in [7, 11) is 0. The van der Waals surface area contributed by atoms with Gasteiger partial charge in [0.1, 0.15) is 0 Å². The summed E-state index contributed by atoms with van der Waals surface area (Å²) in [4.78, 5) is 11.6. The minimum atomic E-state index is 0. The van der Waals surface area contributed by atoms with Crippen molar-refractivity contribution in [2.24, 2.45) is 0 Å². The van der Waals surface area contributed by atoms with Crippen molar-refractivity contribution in [3.63, 3.8) is 0 Å². The molecular weight excluding hydrogens is 730 g/mol. The summed E-state index contributed by atoms with van der Waals surface area (Å²) >= 11 is 0. The molecule has 0 N–H and O–H groups in total. The zero-order valence-electron chi connectivity index (χ0n) is 24.9. The van der Waals surface area contributed by atoms with Crippen molar-refractivity contribution in [3.8, 4) is 33.6 Å². The number of hydrogen-bond acceptors (Lipinski definition) is 3. The zero-order valence-corrected chi connectivity index (χ0v) is 27.2. The Kier molecular flexibility index (Phi) is 9.29. The molecule has 7 rings (SSSR count). The van der Waals surface area contributed by atoms with Crippen molar-refractivity contribution in [1.29, 1.82) is 0 Å². The van der Waals surface area contributed by atoms with E-state index in [1.807, 2.05) is 54.9 Å². The smallest absolute Gasteiger partial charge is 0.346 e. The molecule has 220 valence electrons. The van der Waals surface area contributed by atoms with Crippen LogP contribution in [-0.2, 0) is 21.1 Å². The van der Waals surface area contributed by atoms with Crippen LogP contribution in [0.1, 0.15) is 24.0 Å². The first-order valence-electron chi connectivity index (χ1n) is 15.0. The van der Waals surface area contributed by atoms with Crippen molar-refractivity contribution in [3.05, 3.63) is 169 Å². The molecule has 0 unspecified atom stereocenters. The Morgan fingerprint density at radius 3 is 1.84 bits per heavy atom. The van der Waals surface area contributed by atoms with Gasteiger partial charge in [-0.3, -0.25) is 0 Å². The molecular formula is C41H31N3Pt. The molecule has 6 aromatic rings. The van der Waals surface area contributed by atoms with E-state index in [-0.39, 0.29) is 21.1 Å². The van der Waals surface area contributed by atoms with E-state index in [9.17, 15) is 0 Å². The molecule has 0 aliphatic heterocycles. The van der Waals surface area contributed by atoms with Gasteiger partial charge in [-0.25, -0.2) is 0 Å². The van der Waals surface area contributed by atoms with E-state index in [0.29, 0.717) is 0 Å². The number of aryl methyl sites for hydroxylation is 1. The normalized spacial score (nSPS) is 12.2. The van der Waals surface area contributed by atoms with Gasteiger partial charge >= 0.3 is 21.1 Å². The topological polar surface area (TPSA) is 29.0 Å². The standard InChI is InChI=1S/C41H31N3.Pt/c1-30-24-35(40-16-8-10-22-42-40)28-38(25-30)44(37-20-18-33(19-21-37)31-12-4-2-5-13-31)39-27-34(32-14-6-3-7-15-32)26-36(29-39)41-17-9-11-23-43-41;/h2,4-6,8-27H,3,7H2,1H3;/q-2;+2. The SMILES string of the molecule is Cc1cc(-c2ccccn2)[c-]c(N(c2[c-]c(-c3ccccn3)cc(C3=CCCC=C3)c2)c2ccc(-c3ccccc3)cc2)c1.[Pt+2]. The summed E-state index contributed by atoms with van der Waals surface area (Å²) in [5.74, 6) is 0. The number of pyridine rings is 2. The summed E-state index contributed by atoms with van der Waals surface area (Å²) in [6.07, 6.45) is 12.6. The van der Waals surface area contributed by atoms with Crippen LogP contribution in [0.3, 0.4) is 0 Å². The molecule has 0 amide bonds. The molecule has 0 saturated carbocycles. The number of aromatic nitrogens is 2. The van der Waals surface area contributed by atoms with Gasteiger partial charge in [0.25, 0.3) is 0 Å². The number of allylic oxidation sites excluding steroid dienone is 4. The maximum Gasteiger partial charge on any atom is 2.00 e. The van der Waals surface area contributed by atoms with E-state index < -0.39 is 0 Å². The van der Waals surface area contributed by atoms with E-state index in [1.165, 1.54) is 16.7 Å². The van der Waals surface area contributed by atoms with Crippen molar-refractivity contribution >= 4 is 22.6 Å². The van der Waals surface area contributed by atoms with Crippen LogP contribution >= 0.6 is 0 Å². The quantitative estimate of drug-likeness (QED) is 0.152. The number of hydrogen-bond donors (Lipinski definition) is 0. The van der Waals surface area contributed by atoms with Gasteiger partial charge in [-0.1, -0.05) is 97.4 Å². The van der Waals surface area contributed by atoms with Crippen LogP contribution in [0.15, 0.2) is 146 Å². The third-order valence-corrected chi connectivity index (χ3v) is 7.78. The van der Waals surface area contributed by atoms with E-state index in [0.717, 1.165) is 63.5 Å². The van der Waals surface area contributed by atoms with Gasteiger partial charge in [0.15, 0.2) is 0 Å². The maximum atomic E-state index is 4.69. The Morgan fingerprint density at radius 2 is 1.22 bits per heavy atom. The van der Waals surface area contributed by atoms with Crippen molar-refractivity contribution in [1.82, 2.24) is 9.97 Å². The maximum absolute atomic E-state index is 4.69. The van der Waals surface area contributed by atoms with E-state index in [4.69, 9.17) is 4.98 Å². The molecule has 0 spiro atoms. The second-order valence-electron chi connectivity index (χ2n) is 10.9. The molecule has 4 aromatic carbocycles. The van der Waals surface area contributed by atoms with Crippen molar-refractivity contribution in [2.75, 3.05) is 4.90 Å². The average Bonchev–Trinajstić information content (AvgIpc) is 3.10. The first-order valence-corrected chi connectivity index (χ1v) is 15.0. The van der Waals surface area contributed by atoms with E-state index in [2.05, 4.69) is 120 Å². The summed E-state index contributed by atoms with van der Waals surface area (Å²) in [6, 6.07) is 47.4. The predicted molar refractivity (Wildman–Crippen MR) is 182 cm³/mol. The second kappa shape index (κ2) is 13.8. The minimum absolute atomic E-state index is 0. The van der Waals surface area contributed by atoms with Gasteiger partial charge < -0.3 is 14.9 Å². The van der Waals surface area contributed by atoms with Crippen molar-refractivity contribution < 1.29 is 21.1 Å². The fourth-order valence-electron chi connectivity index (χ4n) is 5.65. The Morgan fingerprint density at radius 1 is 0.600 bits per heavy atom. The second-order valence-corrected chi connectivity index (χ2v) is 10.9. The molecule has 0 radical (unpaired) electrons. The van der Waals surface area contributed by atoms with Crippen LogP contribution in [0.2, 0.25) is 0 Å². The number of anilines is 3. The summed E-state index contributed by atoms with van der Waals surface area (Å²) in [6.45, 7) is 2.12. The fourth-order valence-corrected chi connectivity index (χ4v) is 5.65. The molecule has 2 aromatic heterocycles. The number of benzene rings is 4.